The fourth-order valence-corrected chi connectivity index (χ4v) is 5.10. The molecule has 0 bridgehead atoms. The van der Waals surface area contributed by atoms with Crippen LogP contribution in [0.2, 0.25) is 5.02 Å². The number of hydrogen-bond acceptors (Lipinski definition) is 6. The molecule has 0 atom stereocenters. The van der Waals surface area contributed by atoms with Crippen molar-refractivity contribution >= 4 is 45.8 Å². The monoisotopic (exact) mass is 538 g/mol. The van der Waals surface area contributed by atoms with Crippen molar-refractivity contribution < 1.29 is 10.9 Å². The Bertz CT molecular complexity index is 1810. The molecule has 2 aromatic heterocycles. The summed E-state index contributed by atoms with van der Waals surface area (Å²) < 4.78 is 15.1. The molecule has 0 saturated carbocycles. The van der Waals surface area contributed by atoms with Crippen LogP contribution in [-0.4, -0.2) is 33.7 Å². The van der Waals surface area contributed by atoms with Crippen LogP contribution in [0.1, 0.15) is 12.5 Å². The van der Waals surface area contributed by atoms with Crippen LogP contribution in [0.25, 0.3) is 16.7 Å². The number of carbonyl (C=O) groups is 1. The number of halogens is 1. The molecule has 9 heteroatoms. The van der Waals surface area contributed by atoms with Crippen LogP contribution in [0.15, 0.2) is 96.2 Å². The van der Waals surface area contributed by atoms with Crippen LogP contribution < -0.4 is 15.4 Å². The molecule has 39 heavy (non-hydrogen) atoms. The first-order chi connectivity index (χ1) is 19.4. The number of hydrogen-bond donors (Lipinski definition) is 0. The number of aryl methyl sites for hydroxylation is 1. The van der Waals surface area contributed by atoms with Gasteiger partial charge in [-0.3, -0.25) is 14.3 Å². The van der Waals surface area contributed by atoms with E-state index in [1.54, 1.807) is 35.2 Å². The Hall–Kier alpha value is -4.69. The maximum atomic E-state index is 14.1. The Labute approximate surface area is 231 Å². The van der Waals surface area contributed by atoms with Crippen molar-refractivity contribution in [1.82, 2.24) is 14.5 Å². The standard InChI is InChI=1S/C30H24ClN5O3/c1-20-7-5-12-25-27(20)35(30(38)39-18-21-8-3-2-4-9-21)14-13-34(25)26-15-22-17-32-19-33-28(22)36(29(26)37)24-11-6-10-23(31)16-24/h2-12,15-17,19H,13-14,18H2,1H3/i19D. The molecular formula is C30H24ClN5O3. The average molecular weight is 539 g/mol. The third kappa shape index (κ3) is 4.59. The van der Waals surface area contributed by atoms with E-state index in [1.807, 2.05) is 60.4 Å². The number of nitrogens with zero attached hydrogens (tertiary/aromatic N) is 5. The number of aromatic nitrogens is 3. The average Bonchev–Trinajstić information content (AvgIpc) is 2.96. The Morgan fingerprint density at radius 3 is 2.67 bits per heavy atom. The van der Waals surface area contributed by atoms with E-state index in [0.717, 1.165) is 11.1 Å². The largest absolute Gasteiger partial charge is 0.444 e. The highest BCUT2D eigenvalue weighted by Gasteiger charge is 2.31. The fourth-order valence-electron chi connectivity index (χ4n) is 4.92. The van der Waals surface area contributed by atoms with E-state index in [1.165, 1.54) is 10.8 Å². The molecule has 0 N–H and O–H groups in total. The Kier molecular flexibility index (Phi) is 6.14. The normalized spacial score (nSPS) is 13.2. The summed E-state index contributed by atoms with van der Waals surface area (Å²) in [5.74, 6) is 0. The van der Waals surface area contributed by atoms with Gasteiger partial charge in [0.05, 0.1) is 17.1 Å². The second-order valence-corrected chi connectivity index (χ2v) is 9.62. The van der Waals surface area contributed by atoms with E-state index < -0.39 is 6.09 Å². The number of carbonyl (C=O) groups excluding carboxylic acids is 1. The highest BCUT2D eigenvalue weighted by Crippen LogP contribution is 2.40. The van der Waals surface area contributed by atoms with Gasteiger partial charge >= 0.3 is 6.09 Å². The number of benzene rings is 3. The molecule has 3 heterocycles. The van der Waals surface area contributed by atoms with Gasteiger partial charge in [-0.05, 0) is 48.4 Å². The number of pyridine rings is 1. The van der Waals surface area contributed by atoms with Crippen LogP contribution >= 0.6 is 11.6 Å². The van der Waals surface area contributed by atoms with Gasteiger partial charge in [-0.15, -0.1) is 0 Å². The lowest BCUT2D eigenvalue weighted by Crippen LogP contribution is -2.44. The predicted molar refractivity (Wildman–Crippen MR) is 152 cm³/mol. The highest BCUT2D eigenvalue weighted by atomic mass is 35.5. The molecule has 1 amide bonds. The minimum absolute atomic E-state index is 0.161. The summed E-state index contributed by atoms with van der Waals surface area (Å²) in [5, 5.41) is 1.05. The molecule has 194 valence electrons. The van der Waals surface area contributed by atoms with Crippen molar-refractivity contribution in [2.75, 3.05) is 22.9 Å². The molecule has 0 aliphatic carbocycles. The van der Waals surface area contributed by atoms with Crippen molar-refractivity contribution in [3.8, 4) is 5.69 Å². The second-order valence-electron chi connectivity index (χ2n) is 9.19. The van der Waals surface area contributed by atoms with Crippen molar-refractivity contribution in [2.24, 2.45) is 0 Å². The molecular weight excluding hydrogens is 514 g/mol. The van der Waals surface area contributed by atoms with E-state index in [2.05, 4.69) is 9.97 Å². The molecule has 1 aliphatic rings. The summed E-state index contributed by atoms with van der Waals surface area (Å²) in [5.41, 5.74) is 4.04. The summed E-state index contributed by atoms with van der Waals surface area (Å²) in [4.78, 5) is 39.2. The fraction of sp³-hybridized carbons (Fsp3) is 0.133. The van der Waals surface area contributed by atoms with E-state index in [9.17, 15) is 9.59 Å². The third-order valence-electron chi connectivity index (χ3n) is 6.71. The first-order valence-electron chi connectivity index (χ1n) is 12.9. The Morgan fingerprint density at radius 2 is 1.85 bits per heavy atom. The van der Waals surface area contributed by atoms with Gasteiger partial charge in [0.1, 0.15) is 20.0 Å². The zero-order valence-corrected chi connectivity index (χ0v) is 21.8. The van der Waals surface area contributed by atoms with Gasteiger partial charge in [-0.25, -0.2) is 14.8 Å². The van der Waals surface area contributed by atoms with Gasteiger partial charge in [0.2, 0.25) is 0 Å². The van der Waals surface area contributed by atoms with Gasteiger partial charge in [0.15, 0.2) is 5.65 Å². The topological polar surface area (TPSA) is 80.6 Å². The quantitative estimate of drug-likeness (QED) is 0.277. The summed E-state index contributed by atoms with van der Waals surface area (Å²) >= 11 is 6.27. The smallest absolute Gasteiger partial charge is 0.414 e. The molecule has 1 aliphatic heterocycles. The van der Waals surface area contributed by atoms with Crippen LogP contribution in [0.4, 0.5) is 21.9 Å². The van der Waals surface area contributed by atoms with E-state index in [-0.39, 0.29) is 18.5 Å². The summed E-state index contributed by atoms with van der Waals surface area (Å²) in [6.45, 7) is 2.75. The van der Waals surface area contributed by atoms with Crippen molar-refractivity contribution in [1.29, 1.82) is 0 Å². The van der Waals surface area contributed by atoms with Crippen LogP contribution in [0.5, 0.6) is 0 Å². The van der Waals surface area contributed by atoms with Gasteiger partial charge < -0.3 is 9.64 Å². The minimum atomic E-state index is -0.453. The lowest BCUT2D eigenvalue weighted by molar-refractivity contribution is 0.147. The highest BCUT2D eigenvalue weighted by molar-refractivity contribution is 6.30. The van der Waals surface area contributed by atoms with E-state index in [0.29, 0.717) is 51.9 Å². The first-order valence-corrected chi connectivity index (χ1v) is 12.8. The molecule has 0 saturated heterocycles. The van der Waals surface area contributed by atoms with Crippen molar-refractivity contribution in [3.05, 3.63) is 118 Å². The zero-order valence-electron chi connectivity index (χ0n) is 22.0. The Balaban J connectivity index is 1.45. The van der Waals surface area contributed by atoms with Gasteiger partial charge in [0.25, 0.3) is 5.56 Å². The first kappa shape index (κ1) is 23.4. The molecule has 8 nitrogen and oxygen atoms in total. The number of anilines is 3. The molecule has 0 spiro atoms. The molecule has 0 fully saturated rings. The Morgan fingerprint density at radius 1 is 1.03 bits per heavy atom. The number of para-hydroxylation sites is 1. The minimum Gasteiger partial charge on any atom is -0.444 e. The number of fused-ring (bicyclic) bond motifs is 2. The molecule has 5 aromatic rings. The van der Waals surface area contributed by atoms with Crippen LogP contribution in [0.3, 0.4) is 0 Å². The van der Waals surface area contributed by atoms with Gasteiger partial charge in [-0.2, -0.15) is 0 Å². The number of amides is 1. The molecule has 3 aromatic carbocycles. The number of rotatable bonds is 4. The van der Waals surface area contributed by atoms with Crippen LogP contribution in [-0.2, 0) is 11.3 Å². The maximum absolute atomic E-state index is 14.1. The third-order valence-corrected chi connectivity index (χ3v) is 6.94. The van der Waals surface area contributed by atoms with Crippen molar-refractivity contribution in [2.45, 2.75) is 13.5 Å². The SMILES string of the molecule is [2H]c1ncc2cc(N3CCN(C(=O)OCc4ccccc4)c4c(C)cccc43)c(=O)n(-c3cccc(Cl)c3)c2n1. The summed E-state index contributed by atoms with van der Waals surface area (Å²) in [6.07, 6.45) is 0.882. The molecule has 0 radical (unpaired) electrons. The maximum Gasteiger partial charge on any atom is 0.414 e. The van der Waals surface area contributed by atoms with Gasteiger partial charge in [0, 0.05) is 29.7 Å². The van der Waals surface area contributed by atoms with Gasteiger partial charge in [-0.1, -0.05) is 60.1 Å². The second kappa shape index (κ2) is 10.2. The number of ether oxygens (including phenoxy) is 1. The predicted octanol–water partition coefficient (Wildman–Crippen LogP) is 6.04. The molecule has 0 unspecified atom stereocenters. The summed E-state index contributed by atoms with van der Waals surface area (Å²) in [6, 6.07) is 23.9. The van der Waals surface area contributed by atoms with E-state index >= 15 is 0 Å². The summed E-state index contributed by atoms with van der Waals surface area (Å²) in [7, 11) is 0. The zero-order chi connectivity index (χ0) is 27.8. The lowest BCUT2D eigenvalue weighted by atomic mass is 10.1. The molecule has 6 rings (SSSR count). The van der Waals surface area contributed by atoms with Crippen LogP contribution in [0, 0.1) is 6.92 Å². The van der Waals surface area contributed by atoms with Crippen molar-refractivity contribution in [3.63, 3.8) is 0 Å². The lowest BCUT2D eigenvalue weighted by Gasteiger charge is -2.38. The van der Waals surface area contributed by atoms with E-state index in [4.69, 9.17) is 17.7 Å².